The van der Waals surface area contributed by atoms with Crippen molar-refractivity contribution in [1.82, 2.24) is 0 Å². The van der Waals surface area contributed by atoms with Crippen LogP contribution in [-0.2, 0) is 9.53 Å². The van der Waals surface area contributed by atoms with Gasteiger partial charge in [0.25, 0.3) is 0 Å². The standard InChI is InChI=1S/C14H19ClN2O3/c1-19-12-3-2-10(15)8-11(12)17-13(18)14(9-16)4-6-20-7-5-14/h2-3,8H,4-7,9,16H2,1H3,(H,17,18). The number of nitrogens with one attached hydrogen (secondary N) is 1. The number of rotatable bonds is 4. The minimum atomic E-state index is -0.578. The van der Waals surface area contributed by atoms with Crippen molar-refractivity contribution < 1.29 is 14.3 Å². The highest BCUT2D eigenvalue weighted by molar-refractivity contribution is 6.31. The molecule has 0 aromatic heterocycles. The molecule has 1 aliphatic heterocycles. The monoisotopic (exact) mass is 298 g/mol. The molecule has 1 aromatic carbocycles. The molecule has 0 radical (unpaired) electrons. The van der Waals surface area contributed by atoms with Crippen LogP contribution < -0.4 is 15.8 Å². The Bertz CT molecular complexity index is 487. The molecule has 0 spiro atoms. The Morgan fingerprint density at radius 2 is 2.20 bits per heavy atom. The highest BCUT2D eigenvalue weighted by Crippen LogP contribution is 2.33. The van der Waals surface area contributed by atoms with Crippen molar-refractivity contribution in [2.75, 3.05) is 32.2 Å². The molecule has 1 saturated heterocycles. The molecule has 2 rings (SSSR count). The molecule has 1 fully saturated rings. The van der Waals surface area contributed by atoms with Crippen LogP contribution in [0.5, 0.6) is 5.75 Å². The van der Waals surface area contributed by atoms with E-state index in [2.05, 4.69) is 5.32 Å². The Labute approximate surface area is 123 Å². The first-order valence-corrected chi connectivity index (χ1v) is 6.92. The van der Waals surface area contributed by atoms with Gasteiger partial charge in [0.2, 0.25) is 5.91 Å². The van der Waals surface area contributed by atoms with Gasteiger partial charge in [-0.2, -0.15) is 0 Å². The molecule has 110 valence electrons. The van der Waals surface area contributed by atoms with Crippen LogP contribution in [0.1, 0.15) is 12.8 Å². The normalized spacial score (nSPS) is 17.6. The van der Waals surface area contributed by atoms with Gasteiger partial charge in [-0.3, -0.25) is 4.79 Å². The lowest BCUT2D eigenvalue weighted by atomic mass is 9.79. The van der Waals surface area contributed by atoms with Gasteiger partial charge in [-0.05, 0) is 31.0 Å². The van der Waals surface area contributed by atoms with Gasteiger partial charge in [-0.15, -0.1) is 0 Å². The summed E-state index contributed by atoms with van der Waals surface area (Å²) in [6.45, 7) is 1.40. The minimum absolute atomic E-state index is 0.108. The van der Waals surface area contributed by atoms with E-state index in [0.717, 1.165) is 0 Å². The molecule has 5 nitrogen and oxygen atoms in total. The maximum absolute atomic E-state index is 12.6. The van der Waals surface area contributed by atoms with E-state index >= 15 is 0 Å². The summed E-state index contributed by atoms with van der Waals surface area (Å²) in [4.78, 5) is 12.6. The Morgan fingerprint density at radius 1 is 1.50 bits per heavy atom. The predicted octanol–water partition coefficient (Wildman–Crippen LogP) is 2.04. The van der Waals surface area contributed by atoms with Gasteiger partial charge in [0.1, 0.15) is 5.75 Å². The molecule has 1 aliphatic rings. The second-order valence-electron chi connectivity index (χ2n) is 4.90. The van der Waals surface area contributed by atoms with E-state index in [1.165, 1.54) is 0 Å². The van der Waals surface area contributed by atoms with Crippen molar-refractivity contribution >= 4 is 23.2 Å². The van der Waals surface area contributed by atoms with E-state index in [9.17, 15) is 4.79 Å². The fourth-order valence-electron chi connectivity index (χ4n) is 2.32. The third-order valence-electron chi connectivity index (χ3n) is 3.73. The van der Waals surface area contributed by atoms with Gasteiger partial charge in [-0.25, -0.2) is 0 Å². The number of hydrogen-bond acceptors (Lipinski definition) is 4. The van der Waals surface area contributed by atoms with E-state index in [0.29, 0.717) is 49.1 Å². The summed E-state index contributed by atoms with van der Waals surface area (Å²) in [6, 6.07) is 5.10. The second-order valence-corrected chi connectivity index (χ2v) is 5.33. The van der Waals surface area contributed by atoms with E-state index in [1.54, 1.807) is 25.3 Å². The van der Waals surface area contributed by atoms with E-state index < -0.39 is 5.41 Å². The summed E-state index contributed by atoms with van der Waals surface area (Å²) in [7, 11) is 1.55. The Balaban J connectivity index is 2.20. The maximum atomic E-state index is 12.6. The van der Waals surface area contributed by atoms with Crippen LogP contribution in [0.3, 0.4) is 0 Å². The summed E-state index contributed by atoms with van der Waals surface area (Å²) >= 11 is 5.96. The van der Waals surface area contributed by atoms with Gasteiger partial charge < -0.3 is 20.5 Å². The number of carbonyl (C=O) groups is 1. The predicted molar refractivity (Wildman–Crippen MR) is 78.2 cm³/mol. The molecule has 0 atom stereocenters. The lowest BCUT2D eigenvalue weighted by Crippen LogP contribution is -2.46. The van der Waals surface area contributed by atoms with Crippen molar-refractivity contribution in [2.45, 2.75) is 12.8 Å². The Hall–Kier alpha value is -1.30. The fraction of sp³-hybridized carbons (Fsp3) is 0.500. The molecule has 1 heterocycles. The van der Waals surface area contributed by atoms with Crippen LogP contribution >= 0.6 is 11.6 Å². The molecule has 1 amide bonds. The van der Waals surface area contributed by atoms with Crippen molar-refractivity contribution in [3.05, 3.63) is 23.2 Å². The number of benzene rings is 1. The molecular weight excluding hydrogens is 280 g/mol. The van der Waals surface area contributed by atoms with Gasteiger partial charge in [0.05, 0.1) is 18.2 Å². The smallest absolute Gasteiger partial charge is 0.232 e. The van der Waals surface area contributed by atoms with E-state index in [1.807, 2.05) is 0 Å². The van der Waals surface area contributed by atoms with Crippen LogP contribution in [0.25, 0.3) is 0 Å². The molecule has 6 heteroatoms. The van der Waals surface area contributed by atoms with Crippen molar-refractivity contribution in [1.29, 1.82) is 0 Å². The summed E-state index contributed by atoms with van der Waals surface area (Å²) < 4.78 is 10.5. The summed E-state index contributed by atoms with van der Waals surface area (Å²) in [6.07, 6.45) is 1.25. The highest BCUT2D eigenvalue weighted by Gasteiger charge is 2.39. The van der Waals surface area contributed by atoms with Crippen LogP contribution in [-0.4, -0.2) is 32.8 Å². The molecule has 0 aliphatic carbocycles. The minimum Gasteiger partial charge on any atom is -0.495 e. The number of amides is 1. The van der Waals surface area contributed by atoms with Gasteiger partial charge in [0, 0.05) is 24.8 Å². The summed E-state index contributed by atoms with van der Waals surface area (Å²) in [5.74, 6) is 0.464. The third kappa shape index (κ3) is 3.06. The fourth-order valence-corrected chi connectivity index (χ4v) is 2.49. The quantitative estimate of drug-likeness (QED) is 0.892. The van der Waals surface area contributed by atoms with Crippen LogP contribution in [0.4, 0.5) is 5.69 Å². The number of anilines is 1. The van der Waals surface area contributed by atoms with Gasteiger partial charge >= 0.3 is 0 Å². The molecule has 0 unspecified atom stereocenters. The lowest BCUT2D eigenvalue weighted by molar-refractivity contribution is -0.130. The molecule has 0 saturated carbocycles. The SMILES string of the molecule is COc1ccc(Cl)cc1NC(=O)C1(CN)CCOCC1. The van der Waals surface area contributed by atoms with E-state index in [4.69, 9.17) is 26.8 Å². The number of carbonyl (C=O) groups excluding carboxylic acids is 1. The molecule has 3 N–H and O–H groups in total. The van der Waals surface area contributed by atoms with Crippen LogP contribution in [0.15, 0.2) is 18.2 Å². The first kappa shape index (κ1) is 15.1. The molecule has 0 bridgehead atoms. The van der Waals surface area contributed by atoms with Gasteiger partial charge in [-0.1, -0.05) is 11.6 Å². The Morgan fingerprint density at radius 3 is 2.80 bits per heavy atom. The Kier molecular flexibility index (Phi) is 4.86. The topological polar surface area (TPSA) is 73.6 Å². The van der Waals surface area contributed by atoms with Crippen molar-refractivity contribution in [2.24, 2.45) is 11.1 Å². The number of nitrogens with two attached hydrogens (primary N) is 1. The summed E-state index contributed by atoms with van der Waals surface area (Å²) in [5.41, 5.74) is 5.80. The summed E-state index contributed by atoms with van der Waals surface area (Å²) in [5, 5.41) is 3.42. The largest absolute Gasteiger partial charge is 0.495 e. The van der Waals surface area contributed by atoms with Gasteiger partial charge in [0.15, 0.2) is 0 Å². The number of methoxy groups -OCH3 is 1. The van der Waals surface area contributed by atoms with Crippen LogP contribution in [0.2, 0.25) is 5.02 Å². The first-order valence-electron chi connectivity index (χ1n) is 6.54. The molecule has 20 heavy (non-hydrogen) atoms. The van der Waals surface area contributed by atoms with E-state index in [-0.39, 0.29) is 5.91 Å². The first-order chi connectivity index (χ1) is 9.61. The maximum Gasteiger partial charge on any atom is 0.232 e. The average molecular weight is 299 g/mol. The zero-order valence-corrected chi connectivity index (χ0v) is 12.2. The number of halogens is 1. The second kappa shape index (κ2) is 6.43. The highest BCUT2D eigenvalue weighted by atomic mass is 35.5. The molecule has 1 aromatic rings. The molecular formula is C14H19ClN2O3. The lowest BCUT2D eigenvalue weighted by Gasteiger charge is -2.34. The zero-order chi connectivity index (χ0) is 14.6. The van der Waals surface area contributed by atoms with Crippen molar-refractivity contribution in [3.8, 4) is 5.75 Å². The van der Waals surface area contributed by atoms with Crippen LogP contribution in [0, 0.1) is 5.41 Å². The van der Waals surface area contributed by atoms with Crippen molar-refractivity contribution in [3.63, 3.8) is 0 Å². The number of hydrogen-bond donors (Lipinski definition) is 2. The third-order valence-corrected chi connectivity index (χ3v) is 3.97. The number of ether oxygens (including phenoxy) is 2. The zero-order valence-electron chi connectivity index (χ0n) is 11.4. The average Bonchev–Trinajstić information content (AvgIpc) is 2.48.